The summed E-state index contributed by atoms with van der Waals surface area (Å²) in [5.41, 5.74) is 0. The van der Waals surface area contributed by atoms with Gasteiger partial charge in [-0.3, -0.25) is 29.0 Å². The highest BCUT2D eigenvalue weighted by molar-refractivity contribution is 5.80. The van der Waals surface area contributed by atoms with E-state index in [1.165, 1.54) is 218 Å². The predicted molar refractivity (Wildman–Crippen MR) is 320 cm³/mol. The number of rotatable bonds is 62. The molecule has 74 heavy (non-hydrogen) atoms. The van der Waals surface area contributed by atoms with Crippen LogP contribution in [-0.2, 0) is 19.2 Å². The van der Waals surface area contributed by atoms with E-state index in [-0.39, 0.29) is 23.5 Å². The lowest BCUT2D eigenvalue weighted by molar-refractivity contribution is -0.123. The predicted octanol–water partition coefficient (Wildman–Crippen LogP) is 15.7. The van der Waals surface area contributed by atoms with Gasteiger partial charge in [0.1, 0.15) is 5.78 Å². The van der Waals surface area contributed by atoms with E-state index in [1.54, 1.807) is 0 Å². The Morgan fingerprint density at radius 1 is 0.270 bits per heavy atom. The second-order valence-corrected chi connectivity index (χ2v) is 22.6. The first-order valence-electron chi connectivity index (χ1n) is 32.8. The van der Waals surface area contributed by atoms with Gasteiger partial charge in [0.05, 0.1) is 19.6 Å². The van der Waals surface area contributed by atoms with Crippen molar-refractivity contribution in [2.24, 2.45) is 0 Å². The van der Waals surface area contributed by atoms with Crippen molar-refractivity contribution >= 4 is 23.5 Å². The van der Waals surface area contributed by atoms with E-state index in [2.05, 4.69) is 58.8 Å². The molecule has 0 atom stereocenters. The number of ketones is 1. The number of carbonyl (C=O) groups excluding carboxylic acids is 4. The quantitative estimate of drug-likeness (QED) is 0.0448. The molecule has 0 radical (unpaired) electrons. The van der Waals surface area contributed by atoms with Gasteiger partial charge in [0, 0.05) is 58.7 Å². The number of hydrogen-bond donors (Lipinski definition) is 4. The molecule has 3 amide bonds. The Balaban J connectivity index is 5.19. The van der Waals surface area contributed by atoms with E-state index in [0.29, 0.717) is 71.7 Å². The van der Waals surface area contributed by atoms with Crippen molar-refractivity contribution in [3.63, 3.8) is 0 Å². The van der Waals surface area contributed by atoms with Crippen LogP contribution in [0.1, 0.15) is 317 Å². The Labute approximate surface area is 460 Å². The Hall–Kier alpha value is -2.04. The minimum atomic E-state index is 0.0399. The van der Waals surface area contributed by atoms with Crippen LogP contribution in [0.5, 0.6) is 0 Å². The molecule has 10 heteroatoms. The second kappa shape index (κ2) is 60.2. The molecule has 0 fully saturated rings. The molecule has 4 N–H and O–H groups in total. The first kappa shape index (κ1) is 72.0. The summed E-state index contributed by atoms with van der Waals surface area (Å²) in [6, 6.07) is 0. The van der Waals surface area contributed by atoms with Crippen LogP contribution in [0.15, 0.2) is 0 Å². The highest BCUT2D eigenvalue weighted by Gasteiger charge is 2.16. The Bertz CT molecular complexity index is 1110. The third-order valence-corrected chi connectivity index (χ3v) is 15.1. The standard InChI is InChI=1S/C64H128N6O4/c1-5-9-13-17-21-25-29-30-34-38-42-48-61(71)58-65-53-55-70(60-64(74)68-52-46-41-37-33-28-24-20-16-12-8-4)57-56-69(59-63(73)67-51-45-40-36-32-27-23-19-15-11-7-3)54-47-43-49-62(72)66-50-44-39-35-31-26-22-18-14-10-6-2/h65H,5-60H2,1-4H3,(H,66,72)(H,67,73)(H,68,74). The zero-order valence-electron chi connectivity index (χ0n) is 50.1. The minimum absolute atomic E-state index is 0.0399. The Morgan fingerprint density at radius 2 is 0.554 bits per heavy atom. The van der Waals surface area contributed by atoms with Gasteiger partial charge in [-0.15, -0.1) is 0 Å². The number of hydrogen-bond acceptors (Lipinski definition) is 7. The summed E-state index contributed by atoms with van der Waals surface area (Å²) in [6.07, 6.45) is 55.0. The third-order valence-electron chi connectivity index (χ3n) is 15.1. The molecule has 438 valence electrons. The fourth-order valence-corrected chi connectivity index (χ4v) is 10.1. The van der Waals surface area contributed by atoms with Crippen molar-refractivity contribution in [2.75, 3.05) is 72.0 Å². The molecule has 0 aromatic rings. The summed E-state index contributed by atoms with van der Waals surface area (Å²) in [4.78, 5) is 56.7. The summed E-state index contributed by atoms with van der Waals surface area (Å²) in [6.45, 7) is 15.5. The molecule has 0 spiro atoms. The maximum Gasteiger partial charge on any atom is 0.234 e. The zero-order chi connectivity index (χ0) is 53.9. The molecule has 0 saturated carbocycles. The monoisotopic (exact) mass is 1040 g/mol. The fraction of sp³-hybridized carbons (Fsp3) is 0.938. The van der Waals surface area contributed by atoms with E-state index in [0.717, 1.165) is 70.9 Å². The molecule has 0 aliphatic carbocycles. The minimum Gasteiger partial charge on any atom is -0.356 e. The molecule has 10 nitrogen and oxygen atoms in total. The summed E-state index contributed by atoms with van der Waals surface area (Å²) < 4.78 is 0. The zero-order valence-corrected chi connectivity index (χ0v) is 50.1. The molecular formula is C64H128N6O4. The lowest BCUT2D eigenvalue weighted by Gasteiger charge is -2.27. The van der Waals surface area contributed by atoms with Crippen LogP contribution in [0.4, 0.5) is 0 Å². The van der Waals surface area contributed by atoms with Crippen molar-refractivity contribution in [3.05, 3.63) is 0 Å². The lowest BCUT2D eigenvalue weighted by atomic mass is 10.0. The van der Waals surface area contributed by atoms with Gasteiger partial charge in [-0.25, -0.2) is 0 Å². The average molecular weight is 1050 g/mol. The summed E-state index contributed by atoms with van der Waals surface area (Å²) in [5.74, 6) is 0.484. The normalized spacial score (nSPS) is 11.5. The van der Waals surface area contributed by atoms with E-state index >= 15 is 0 Å². The number of Topliss-reactive ketones (excluding diaryl/α,β-unsaturated/α-hetero) is 1. The summed E-state index contributed by atoms with van der Waals surface area (Å²) >= 11 is 0. The van der Waals surface area contributed by atoms with Crippen LogP contribution in [0, 0.1) is 0 Å². The van der Waals surface area contributed by atoms with Crippen molar-refractivity contribution in [1.29, 1.82) is 0 Å². The lowest BCUT2D eigenvalue weighted by Crippen LogP contribution is -2.46. The van der Waals surface area contributed by atoms with E-state index in [1.807, 2.05) is 0 Å². The number of amides is 3. The van der Waals surface area contributed by atoms with Gasteiger partial charge in [-0.1, -0.05) is 265 Å². The molecule has 0 unspecified atom stereocenters. The van der Waals surface area contributed by atoms with E-state index < -0.39 is 0 Å². The molecule has 0 aliphatic heterocycles. The number of carbonyl (C=O) groups is 4. The highest BCUT2D eigenvalue weighted by atomic mass is 16.2. The summed E-state index contributed by atoms with van der Waals surface area (Å²) in [5, 5.41) is 12.9. The maximum absolute atomic E-state index is 13.4. The average Bonchev–Trinajstić information content (AvgIpc) is 3.39. The van der Waals surface area contributed by atoms with E-state index in [9.17, 15) is 19.2 Å². The van der Waals surface area contributed by atoms with Gasteiger partial charge in [0.15, 0.2) is 0 Å². The van der Waals surface area contributed by atoms with Gasteiger partial charge < -0.3 is 21.3 Å². The molecule has 0 rings (SSSR count). The number of nitrogens with zero attached hydrogens (tertiary/aromatic N) is 2. The molecular weight excluding hydrogens is 917 g/mol. The van der Waals surface area contributed by atoms with Crippen LogP contribution < -0.4 is 21.3 Å². The van der Waals surface area contributed by atoms with Crippen LogP contribution in [0.25, 0.3) is 0 Å². The summed E-state index contributed by atoms with van der Waals surface area (Å²) in [7, 11) is 0. The molecule has 0 bridgehead atoms. The molecule has 0 aromatic carbocycles. The van der Waals surface area contributed by atoms with Crippen molar-refractivity contribution in [1.82, 2.24) is 31.1 Å². The van der Waals surface area contributed by atoms with Gasteiger partial charge >= 0.3 is 0 Å². The highest BCUT2D eigenvalue weighted by Crippen LogP contribution is 2.15. The van der Waals surface area contributed by atoms with Crippen molar-refractivity contribution in [3.8, 4) is 0 Å². The fourth-order valence-electron chi connectivity index (χ4n) is 10.1. The van der Waals surface area contributed by atoms with Gasteiger partial charge in [-0.05, 0) is 45.1 Å². The Morgan fingerprint density at radius 3 is 0.905 bits per heavy atom. The Kier molecular flexibility index (Phi) is 58.5. The van der Waals surface area contributed by atoms with Gasteiger partial charge in [0.25, 0.3) is 0 Å². The first-order chi connectivity index (χ1) is 36.4. The first-order valence-corrected chi connectivity index (χ1v) is 32.8. The van der Waals surface area contributed by atoms with Crippen molar-refractivity contribution < 1.29 is 19.2 Å². The van der Waals surface area contributed by atoms with Crippen LogP contribution >= 0.6 is 0 Å². The number of unbranched alkanes of at least 4 members (excludes halogenated alkanes) is 38. The van der Waals surface area contributed by atoms with E-state index in [4.69, 9.17) is 0 Å². The molecule has 0 aromatic heterocycles. The van der Waals surface area contributed by atoms with Crippen LogP contribution in [0.2, 0.25) is 0 Å². The number of nitrogens with one attached hydrogen (secondary N) is 4. The SMILES string of the molecule is CCCCCCCCCCCCCC(=O)CNCCN(CCN(CCCCC(=O)NCCCCCCCCCCCC)CC(=O)NCCCCCCCCCCCC)CC(=O)NCCCCCCCCCCCC. The second-order valence-electron chi connectivity index (χ2n) is 22.6. The third kappa shape index (κ3) is 56.2. The van der Waals surface area contributed by atoms with Gasteiger partial charge in [-0.2, -0.15) is 0 Å². The molecule has 0 aliphatic rings. The molecule has 0 saturated heterocycles. The van der Waals surface area contributed by atoms with Crippen molar-refractivity contribution in [2.45, 2.75) is 317 Å². The smallest absolute Gasteiger partial charge is 0.234 e. The van der Waals surface area contributed by atoms with Gasteiger partial charge in [0.2, 0.25) is 17.7 Å². The topological polar surface area (TPSA) is 123 Å². The van der Waals surface area contributed by atoms with Crippen LogP contribution in [-0.4, -0.2) is 105 Å². The molecule has 0 heterocycles. The largest absolute Gasteiger partial charge is 0.356 e. The van der Waals surface area contributed by atoms with Crippen LogP contribution in [0.3, 0.4) is 0 Å². The maximum atomic E-state index is 13.4.